The number of benzene rings is 1. The van der Waals surface area contributed by atoms with Crippen molar-refractivity contribution in [1.29, 1.82) is 0 Å². The maximum atomic E-state index is 10.6. The Kier molecular flexibility index (Phi) is 6.21. The molecule has 0 radical (unpaired) electrons. The molecular formula is C17H26N2O2. The maximum Gasteiger partial charge on any atom is 0.303 e. The number of carboxylic acid groups (broad SMARTS) is 1. The first-order valence-corrected chi connectivity index (χ1v) is 7.94. The first kappa shape index (κ1) is 16.0. The van der Waals surface area contributed by atoms with E-state index in [0.717, 1.165) is 18.5 Å². The first-order valence-electron chi connectivity index (χ1n) is 7.94. The molecule has 4 nitrogen and oxygen atoms in total. The van der Waals surface area contributed by atoms with Crippen molar-refractivity contribution in [2.24, 2.45) is 5.73 Å². The lowest BCUT2D eigenvalue weighted by Gasteiger charge is -2.26. The van der Waals surface area contributed by atoms with Crippen molar-refractivity contribution in [3.63, 3.8) is 0 Å². The SMILES string of the molecule is NC(CCC(=O)O)c1ccc(CCN2CCCCC2)cc1. The summed E-state index contributed by atoms with van der Waals surface area (Å²) in [4.78, 5) is 13.1. The lowest BCUT2D eigenvalue weighted by molar-refractivity contribution is -0.137. The molecule has 116 valence electrons. The summed E-state index contributed by atoms with van der Waals surface area (Å²) in [5, 5.41) is 8.69. The second-order valence-corrected chi connectivity index (χ2v) is 5.93. The molecule has 1 heterocycles. The van der Waals surface area contributed by atoms with E-state index in [1.807, 2.05) is 12.1 Å². The van der Waals surface area contributed by atoms with Gasteiger partial charge in [-0.3, -0.25) is 4.79 Å². The Hall–Kier alpha value is -1.39. The standard InChI is InChI=1S/C17H26N2O2/c18-16(8-9-17(20)21)15-6-4-14(5-7-15)10-13-19-11-2-1-3-12-19/h4-7,16H,1-3,8-13,18H2,(H,20,21). The van der Waals surface area contributed by atoms with Crippen LogP contribution in [0.15, 0.2) is 24.3 Å². The third-order valence-electron chi connectivity index (χ3n) is 4.24. The third kappa shape index (κ3) is 5.48. The molecule has 0 aliphatic carbocycles. The maximum absolute atomic E-state index is 10.6. The fourth-order valence-electron chi connectivity index (χ4n) is 2.85. The molecule has 0 spiro atoms. The molecule has 1 fully saturated rings. The summed E-state index contributed by atoms with van der Waals surface area (Å²) in [6.07, 6.45) is 5.72. The largest absolute Gasteiger partial charge is 0.481 e. The van der Waals surface area contributed by atoms with Crippen LogP contribution in [0.3, 0.4) is 0 Å². The minimum absolute atomic E-state index is 0.123. The van der Waals surface area contributed by atoms with Gasteiger partial charge in [-0.25, -0.2) is 0 Å². The summed E-state index contributed by atoms with van der Waals surface area (Å²) in [7, 11) is 0. The number of carboxylic acids is 1. The molecule has 1 aliphatic rings. The van der Waals surface area contributed by atoms with Crippen LogP contribution in [0, 0.1) is 0 Å². The topological polar surface area (TPSA) is 66.6 Å². The van der Waals surface area contributed by atoms with Crippen LogP contribution in [0.25, 0.3) is 0 Å². The fourth-order valence-corrected chi connectivity index (χ4v) is 2.85. The summed E-state index contributed by atoms with van der Waals surface area (Å²) >= 11 is 0. The van der Waals surface area contributed by atoms with Crippen LogP contribution >= 0.6 is 0 Å². The second kappa shape index (κ2) is 8.15. The van der Waals surface area contributed by atoms with E-state index in [1.54, 1.807) is 0 Å². The van der Waals surface area contributed by atoms with Crippen molar-refractivity contribution in [1.82, 2.24) is 4.90 Å². The van der Waals surface area contributed by atoms with E-state index in [0.29, 0.717) is 6.42 Å². The lowest BCUT2D eigenvalue weighted by Crippen LogP contribution is -2.31. The van der Waals surface area contributed by atoms with E-state index in [1.165, 1.54) is 37.9 Å². The average molecular weight is 290 g/mol. The highest BCUT2D eigenvalue weighted by Gasteiger charge is 2.11. The van der Waals surface area contributed by atoms with Crippen molar-refractivity contribution in [2.75, 3.05) is 19.6 Å². The Balaban J connectivity index is 1.79. The second-order valence-electron chi connectivity index (χ2n) is 5.93. The molecule has 0 bridgehead atoms. The van der Waals surface area contributed by atoms with Gasteiger partial charge in [-0.1, -0.05) is 30.7 Å². The molecule has 0 saturated carbocycles. The average Bonchev–Trinajstić information content (AvgIpc) is 2.52. The van der Waals surface area contributed by atoms with Gasteiger partial charge < -0.3 is 15.7 Å². The van der Waals surface area contributed by atoms with Crippen LogP contribution in [-0.2, 0) is 11.2 Å². The van der Waals surface area contributed by atoms with Gasteiger partial charge in [0.1, 0.15) is 0 Å². The van der Waals surface area contributed by atoms with Gasteiger partial charge in [0.2, 0.25) is 0 Å². The van der Waals surface area contributed by atoms with Crippen molar-refractivity contribution < 1.29 is 9.90 Å². The van der Waals surface area contributed by atoms with Gasteiger partial charge in [0.25, 0.3) is 0 Å². The molecule has 1 aliphatic heterocycles. The highest BCUT2D eigenvalue weighted by Crippen LogP contribution is 2.17. The molecule has 1 aromatic rings. The predicted molar refractivity (Wildman–Crippen MR) is 84.2 cm³/mol. The van der Waals surface area contributed by atoms with E-state index in [-0.39, 0.29) is 12.5 Å². The van der Waals surface area contributed by atoms with Gasteiger partial charge in [-0.15, -0.1) is 0 Å². The monoisotopic (exact) mass is 290 g/mol. The molecule has 2 rings (SSSR count). The number of piperidine rings is 1. The van der Waals surface area contributed by atoms with E-state index < -0.39 is 5.97 Å². The zero-order chi connectivity index (χ0) is 15.1. The zero-order valence-electron chi connectivity index (χ0n) is 12.6. The number of hydrogen-bond donors (Lipinski definition) is 2. The lowest BCUT2D eigenvalue weighted by atomic mass is 10.0. The van der Waals surface area contributed by atoms with E-state index in [9.17, 15) is 4.79 Å². The van der Waals surface area contributed by atoms with E-state index >= 15 is 0 Å². The third-order valence-corrected chi connectivity index (χ3v) is 4.24. The summed E-state index contributed by atoms with van der Waals surface area (Å²) in [5.74, 6) is -0.788. The molecule has 1 atom stereocenters. The molecule has 0 amide bonds. The normalized spacial score (nSPS) is 17.6. The minimum Gasteiger partial charge on any atom is -0.481 e. The first-order chi connectivity index (χ1) is 10.1. The number of aliphatic carboxylic acids is 1. The molecule has 1 saturated heterocycles. The molecule has 4 heteroatoms. The van der Waals surface area contributed by atoms with Crippen molar-refractivity contribution in [3.8, 4) is 0 Å². The Morgan fingerprint density at radius 2 is 1.86 bits per heavy atom. The van der Waals surface area contributed by atoms with Gasteiger partial charge >= 0.3 is 5.97 Å². The highest BCUT2D eigenvalue weighted by molar-refractivity contribution is 5.66. The van der Waals surface area contributed by atoms with Crippen LogP contribution in [0.2, 0.25) is 0 Å². The van der Waals surface area contributed by atoms with Gasteiger partial charge in [0.15, 0.2) is 0 Å². The fraction of sp³-hybridized carbons (Fsp3) is 0.588. The van der Waals surface area contributed by atoms with Gasteiger partial charge in [-0.05, 0) is 49.9 Å². The Morgan fingerprint density at radius 3 is 2.48 bits per heavy atom. The predicted octanol–water partition coefficient (Wildman–Crippen LogP) is 2.58. The van der Waals surface area contributed by atoms with Crippen LogP contribution in [0.5, 0.6) is 0 Å². The molecule has 3 N–H and O–H groups in total. The highest BCUT2D eigenvalue weighted by atomic mass is 16.4. The number of carbonyl (C=O) groups is 1. The van der Waals surface area contributed by atoms with Crippen LogP contribution < -0.4 is 5.73 Å². The molecule has 21 heavy (non-hydrogen) atoms. The van der Waals surface area contributed by atoms with Crippen molar-refractivity contribution >= 4 is 5.97 Å². The van der Waals surface area contributed by atoms with Crippen molar-refractivity contribution in [3.05, 3.63) is 35.4 Å². The summed E-state index contributed by atoms with van der Waals surface area (Å²) in [6.45, 7) is 3.60. The van der Waals surface area contributed by atoms with Gasteiger partial charge in [0, 0.05) is 19.0 Å². The van der Waals surface area contributed by atoms with Crippen molar-refractivity contribution in [2.45, 2.75) is 44.6 Å². The Bertz CT molecular complexity index is 439. The van der Waals surface area contributed by atoms with Crippen LogP contribution in [0.1, 0.15) is 49.3 Å². The zero-order valence-corrected chi connectivity index (χ0v) is 12.6. The molecule has 0 aromatic heterocycles. The molecule has 1 unspecified atom stereocenters. The van der Waals surface area contributed by atoms with Crippen LogP contribution in [0.4, 0.5) is 0 Å². The molecule has 1 aromatic carbocycles. The van der Waals surface area contributed by atoms with Gasteiger partial charge in [0.05, 0.1) is 0 Å². The molecular weight excluding hydrogens is 264 g/mol. The number of nitrogens with zero attached hydrogens (tertiary/aromatic N) is 1. The van der Waals surface area contributed by atoms with Gasteiger partial charge in [-0.2, -0.15) is 0 Å². The number of likely N-dealkylation sites (tertiary alicyclic amines) is 1. The summed E-state index contributed by atoms with van der Waals surface area (Å²) < 4.78 is 0. The van der Waals surface area contributed by atoms with E-state index in [2.05, 4.69) is 17.0 Å². The van der Waals surface area contributed by atoms with E-state index in [4.69, 9.17) is 10.8 Å². The minimum atomic E-state index is -0.788. The van der Waals surface area contributed by atoms with Crippen LogP contribution in [-0.4, -0.2) is 35.6 Å². The summed E-state index contributed by atoms with van der Waals surface area (Å²) in [6, 6.07) is 8.15. The Morgan fingerprint density at radius 1 is 1.19 bits per heavy atom. The smallest absolute Gasteiger partial charge is 0.303 e. The summed E-state index contributed by atoms with van der Waals surface area (Å²) in [5.41, 5.74) is 8.37. The quantitative estimate of drug-likeness (QED) is 0.810. The Labute approximate surface area is 126 Å². The number of hydrogen-bond acceptors (Lipinski definition) is 3. The number of nitrogens with two attached hydrogens (primary N) is 1. The number of rotatable bonds is 7.